The van der Waals surface area contributed by atoms with Crippen molar-refractivity contribution in [1.29, 1.82) is 0 Å². The molecule has 1 spiro atoms. The molecule has 9 atom stereocenters. The molecule has 3 aliphatic heterocycles. The first-order chi connectivity index (χ1) is 19.4. The molecule has 3 aliphatic rings. The Morgan fingerprint density at radius 1 is 1.17 bits per heavy atom. The lowest BCUT2D eigenvalue weighted by Crippen LogP contribution is -2.51. The number of allylic oxidation sites excluding steroid dienone is 2. The van der Waals surface area contributed by atoms with Crippen LogP contribution >= 0.6 is 0 Å². The Morgan fingerprint density at radius 3 is 2.56 bits per heavy atom. The Hall–Kier alpha value is -2.57. The Labute approximate surface area is 242 Å². The zero-order valence-electron chi connectivity index (χ0n) is 24.7. The zero-order chi connectivity index (χ0) is 30.2. The van der Waals surface area contributed by atoms with Gasteiger partial charge in [0.25, 0.3) is 0 Å². The molecule has 2 amide bonds. The molecular weight excluding hydrogens is 532 g/mol. The third kappa shape index (κ3) is 10.0. The standard InChI is InChI=1S/C30H46N2O9/c1-18(7-10-26-29(37)30(17-38-30)16-23(41-26)15-28(36)31-12-13-33)6-9-25-19(2)14-24(21(4)40-25)32-27(35)11-8-20(3)39-22(5)34/h6-8,10-11,19-21,23-26,29,33,37H,9,12-17H2,1-5H3,(H,31,36)(H,32,35)/b10-7+,11-8-,18-6+/t19-,20-,21+,23+,24+,25-,26+,29+,30?/m0/s1. The van der Waals surface area contributed by atoms with Gasteiger partial charge in [0.1, 0.15) is 23.9 Å². The number of nitrogens with one attached hydrogen (secondary N) is 2. The number of carbonyl (C=O) groups is 3. The average Bonchev–Trinajstić information content (AvgIpc) is 3.68. The van der Waals surface area contributed by atoms with E-state index in [9.17, 15) is 19.5 Å². The summed E-state index contributed by atoms with van der Waals surface area (Å²) in [4.78, 5) is 35.5. The summed E-state index contributed by atoms with van der Waals surface area (Å²) in [5.41, 5.74) is 0.316. The minimum absolute atomic E-state index is 0.0116. The van der Waals surface area contributed by atoms with Crippen molar-refractivity contribution in [3.63, 3.8) is 0 Å². The van der Waals surface area contributed by atoms with Gasteiger partial charge in [0, 0.05) is 26.0 Å². The summed E-state index contributed by atoms with van der Waals surface area (Å²) < 4.78 is 22.9. The summed E-state index contributed by atoms with van der Waals surface area (Å²) in [6.45, 7) is 9.54. The van der Waals surface area contributed by atoms with E-state index >= 15 is 0 Å². The molecule has 0 bridgehead atoms. The predicted molar refractivity (Wildman–Crippen MR) is 151 cm³/mol. The number of carbonyl (C=O) groups excluding carboxylic acids is 3. The molecule has 0 aliphatic carbocycles. The molecule has 4 N–H and O–H groups in total. The van der Waals surface area contributed by atoms with Crippen LogP contribution in [0.15, 0.2) is 36.0 Å². The van der Waals surface area contributed by atoms with Crippen molar-refractivity contribution in [2.45, 2.75) is 109 Å². The van der Waals surface area contributed by atoms with Gasteiger partial charge < -0.3 is 39.8 Å². The molecule has 3 rings (SSSR count). The molecule has 0 aromatic rings. The third-order valence-electron chi connectivity index (χ3n) is 7.77. The van der Waals surface area contributed by atoms with Gasteiger partial charge in [-0.2, -0.15) is 0 Å². The quantitative estimate of drug-likeness (QED) is 0.117. The van der Waals surface area contributed by atoms with E-state index in [-0.39, 0.29) is 55.6 Å². The van der Waals surface area contributed by atoms with E-state index in [0.29, 0.717) is 19.4 Å². The second-order valence-electron chi connectivity index (χ2n) is 11.4. The minimum atomic E-state index is -0.822. The SMILES string of the molecule is CC(=O)O[C@@H](C)/C=C\C(=O)N[C@@H]1C[C@H](C)[C@H](C/C=C(C)/C=C/[C@H]2O[C@H](CC(=O)NCCO)CC3(CO3)[C@@H]2O)O[C@@H]1C. The van der Waals surface area contributed by atoms with E-state index < -0.39 is 36.0 Å². The molecule has 11 heteroatoms. The molecule has 230 valence electrons. The highest BCUT2D eigenvalue weighted by Crippen LogP contribution is 2.43. The summed E-state index contributed by atoms with van der Waals surface area (Å²) in [6.07, 6.45) is 8.29. The Balaban J connectivity index is 1.49. The number of hydrogen-bond donors (Lipinski definition) is 4. The molecule has 3 saturated heterocycles. The Morgan fingerprint density at radius 2 is 1.90 bits per heavy atom. The zero-order valence-corrected chi connectivity index (χ0v) is 24.7. The minimum Gasteiger partial charge on any atom is -0.459 e. The summed E-state index contributed by atoms with van der Waals surface area (Å²) in [6, 6.07) is -0.132. The van der Waals surface area contributed by atoms with E-state index in [1.807, 2.05) is 26.0 Å². The largest absolute Gasteiger partial charge is 0.459 e. The molecule has 11 nitrogen and oxygen atoms in total. The second kappa shape index (κ2) is 15.1. The highest BCUT2D eigenvalue weighted by Gasteiger charge is 2.58. The summed E-state index contributed by atoms with van der Waals surface area (Å²) >= 11 is 0. The number of epoxide rings is 1. The first kappa shape index (κ1) is 32.9. The number of aliphatic hydroxyl groups is 2. The highest BCUT2D eigenvalue weighted by molar-refractivity contribution is 5.87. The van der Waals surface area contributed by atoms with Crippen LogP contribution in [0.4, 0.5) is 0 Å². The van der Waals surface area contributed by atoms with Crippen molar-refractivity contribution < 1.29 is 43.5 Å². The van der Waals surface area contributed by atoms with Crippen molar-refractivity contribution in [3.05, 3.63) is 36.0 Å². The van der Waals surface area contributed by atoms with Gasteiger partial charge in [-0.1, -0.05) is 30.7 Å². The fraction of sp³-hybridized carbons (Fsp3) is 0.700. The maximum Gasteiger partial charge on any atom is 0.303 e. The van der Waals surface area contributed by atoms with Crippen LogP contribution in [0.25, 0.3) is 0 Å². The van der Waals surface area contributed by atoms with Crippen molar-refractivity contribution in [2.75, 3.05) is 19.8 Å². The number of ether oxygens (including phenoxy) is 4. The Bertz CT molecular complexity index is 1010. The molecule has 3 fully saturated rings. The molecule has 41 heavy (non-hydrogen) atoms. The van der Waals surface area contributed by atoms with Crippen LogP contribution in [0.1, 0.15) is 60.3 Å². The van der Waals surface area contributed by atoms with E-state index in [4.69, 9.17) is 24.1 Å². The Kier molecular flexibility index (Phi) is 12.1. The van der Waals surface area contributed by atoms with Gasteiger partial charge in [-0.15, -0.1) is 0 Å². The smallest absolute Gasteiger partial charge is 0.303 e. The number of rotatable bonds is 12. The first-order valence-corrected chi connectivity index (χ1v) is 14.4. The van der Waals surface area contributed by atoms with Crippen LogP contribution in [0.5, 0.6) is 0 Å². The van der Waals surface area contributed by atoms with E-state index in [2.05, 4.69) is 23.6 Å². The molecule has 0 saturated carbocycles. The monoisotopic (exact) mass is 578 g/mol. The average molecular weight is 579 g/mol. The number of aliphatic hydroxyl groups excluding tert-OH is 2. The number of amides is 2. The lowest BCUT2D eigenvalue weighted by atomic mass is 9.87. The highest BCUT2D eigenvalue weighted by atomic mass is 16.6. The lowest BCUT2D eigenvalue weighted by Gasteiger charge is -2.39. The van der Waals surface area contributed by atoms with Gasteiger partial charge in [-0.3, -0.25) is 14.4 Å². The van der Waals surface area contributed by atoms with Crippen LogP contribution in [-0.4, -0.2) is 96.0 Å². The summed E-state index contributed by atoms with van der Waals surface area (Å²) in [5, 5.41) is 25.4. The molecule has 0 radical (unpaired) electrons. The number of hydrogen-bond acceptors (Lipinski definition) is 9. The van der Waals surface area contributed by atoms with Crippen LogP contribution in [0.2, 0.25) is 0 Å². The number of esters is 1. The second-order valence-corrected chi connectivity index (χ2v) is 11.4. The fourth-order valence-electron chi connectivity index (χ4n) is 5.36. The summed E-state index contributed by atoms with van der Waals surface area (Å²) in [7, 11) is 0. The van der Waals surface area contributed by atoms with Gasteiger partial charge in [0.05, 0.1) is 44.0 Å². The van der Waals surface area contributed by atoms with E-state index in [1.165, 1.54) is 13.0 Å². The van der Waals surface area contributed by atoms with E-state index in [0.717, 1.165) is 12.0 Å². The van der Waals surface area contributed by atoms with Gasteiger partial charge in [0.2, 0.25) is 11.8 Å². The predicted octanol–water partition coefficient (Wildman–Crippen LogP) is 1.47. The molecule has 1 unspecified atom stereocenters. The van der Waals surface area contributed by atoms with Crippen molar-refractivity contribution in [3.8, 4) is 0 Å². The van der Waals surface area contributed by atoms with Crippen LogP contribution in [0, 0.1) is 5.92 Å². The maximum atomic E-state index is 12.4. The molecule has 3 heterocycles. The van der Waals surface area contributed by atoms with Gasteiger partial charge in [0.15, 0.2) is 0 Å². The first-order valence-electron chi connectivity index (χ1n) is 14.4. The molecular formula is C30H46N2O9. The van der Waals surface area contributed by atoms with Crippen LogP contribution in [0.3, 0.4) is 0 Å². The maximum absolute atomic E-state index is 12.4. The van der Waals surface area contributed by atoms with Crippen molar-refractivity contribution in [2.24, 2.45) is 5.92 Å². The third-order valence-corrected chi connectivity index (χ3v) is 7.77. The summed E-state index contributed by atoms with van der Waals surface area (Å²) in [5.74, 6) is -0.655. The topological polar surface area (TPSA) is 156 Å². The van der Waals surface area contributed by atoms with Gasteiger partial charge in [-0.25, -0.2) is 0 Å². The lowest BCUT2D eigenvalue weighted by molar-refractivity contribution is -0.145. The van der Waals surface area contributed by atoms with Crippen molar-refractivity contribution in [1.82, 2.24) is 10.6 Å². The fourth-order valence-corrected chi connectivity index (χ4v) is 5.36. The van der Waals surface area contributed by atoms with Crippen molar-refractivity contribution >= 4 is 17.8 Å². The van der Waals surface area contributed by atoms with Crippen LogP contribution in [-0.2, 0) is 33.3 Å². The molecule has 0 aromatic carbocycles. The normalized spacial score (nSPS) is 34.5. The van der Waals surface area contributed by atoms with Gasteiger partial charge in [-0.05, 0) is 45.6 Å². The molecule has 0 aromatic heterocycles. The van der Waals surface area contributed by atoms with E-state index in [1.54, 1.807) is 13.0 Å². The van der Waals surface area contributed by atoms with Crippen LogP contribution < -0.4 is 10.6 Å². The van der Waals surface area contributed by atoms with Gasteiger partial charge >= 0.3 is 5.97 Å².